The van der Waals surface area contributed by atoms with Crippen molar-refractivity contribution in [2.45, 2.75) is 42.5 Å². The highest BCUT2D eigenvalue weighted by atomic mass is 79.9. The summed E-state index contributed by atoms with van der Waals surface area (Å²) in [5, 5.41) is 15.6. The van der Waals surface area contributed by atoms with Crippen LogP contribution in [-0.4, -0.2) is 56.6 Å². The van der Waals surface area contributed by atoms with Gasteiger partial charge in [0.2, 0.25) is 11.8 Å². The highest BCUT2D eigenvalue weighted by Crippen LogP contribution is 2.69. The van der Waals surface area contributed by atoms with Gasteiger partial charge in [0.1, 0.15) is 11.8 Å². The highest BCUT2D eigenvalue weighted by Gasteiger charge is 2.70. The molecule has 1 aromatic heterocycles. The van der Waals surface area contributed by atoms with Gasteiger partial charge in [0.25, 0.3) is 5.91 Å². The first-order valence-corrected chi connectivity index (χ1v) is 18.7. The minimum Gasteiger partial charge on any atom is -0.483 e. The standard InChI is InChI=1S/C36H32BrN3O7S2/c1-15(2)29(35(44)45)40-33(42)27-21-13-22(28(27)34(40)43)30-26(21)25(31-32(48-30)39-36(46)49-31)20-12-18(37)8-10-23(20)47-14-24(41)38-19-9-7-16-5-3-4-6-17(16)11-19/h3-12,15,21-22,25-30H,13-14H2,1-2H3,(H,38,41)(H,39,46)(H,44,45)/t21?,22?,25-,26?,27?,28?,29?,30?/m1/s1. The lowest BCUT2D eigenvalue weighted by atomic mass is 9.68. The summed E-state index contributed by atoms with van der Waals surface area (Å²) in [4.78, 5) is 70.7. The number of benzene rings is 3. The number of aromatic amines is 1. The van der Waals surface area contributed by atoms with Crippen LogP contribution in [0.2, 0.25) is 0 Å². The first-order valence-electron chi connectivity index (χ1n) is 16.2. The second-order valence-corrected chi connectivity index (χ2v) is 16.7. The molecule has 2 aliphatic heterocycles. The molecule has 8 rings (SSSR count). The van der Waals surface area contributed by atoms with E-state index in [2.05, 4.69) is 26.2 Å². The molecule has 252 valence electrons. The van der Waals surface area contributed by atoms with Crippen molar-refractivity contribution >= 4 is 79.2 Å². The Morgan fingerprint density at radius 2 is 1.76 bits per heavy atom. The maximum Gasteiger partial charge on any atom is 0.327 e. The van der Waals surface area contributed by atoms with Gasteiger partial charge in [-0.05, 0) is 71.2 Å². The second kappa shape index (κ2) is 12.1. The lowest BCUT2D eigenvalue weighted by molar-refractivity contribution is -0.157. The molecule has 3 heterocycles. The van der Waals surface area contributed by atoms with Crippen molar-refractivity contribution < 1.29 is 29.0 Å². The van der Waals surface area contributed by atoms with E-state index in [1.54, 1.807) is 31.7 Å². The SMILES string of the molecule is CC(C)C(C(=O)O)N1C(=O)C2C3CC(C2C1=O)C1C3Sc2[nH]c(=O)sc2[C@@H]1c1cc(Br)ccc1OCC(=O)Nc1ccc2ccccc2c1. The number of H-pyrrole nitrogens is 1. The average molecular weight is 763 g/mol. The summed E-state index contributed by atoms with van der Waals surface area (Å²) in [6.45, 7) is 3.16. The zero-order valence-corrected chi connectivity index (χ0v) is 29.6. The summed E-state index contributed by atoms with van der Waals surface area (Å²) in [6.07, 6.45) is 0.663. The monoisotopic (exact) mass is 761 g/mol. The van der Waals surface area contributed by atoms with Gasteiger partial charge in [-0.3, -0.25) is 24.1 Å². The van der Waals surface area contributed by atoms with Gasteiger partial charge in [0, 0.05) is 31.8 Å². The molecule has 3 amide bonds. The Balaban J connectivity index is 1.12. The van der Waals surface area contributed by atoms with Crippen LogP contribution in [0.1, 0.15) is 36.6 Å². The molecule has 4 aliphatic rings. The third-order valence-electron chi connectivity index (χ3n) is 10.6. The minimum absolute atomic E-state index is 0.0870. The van der Waals surface area contributed by atoms with Gasteiger partial charge in [-0.2, -0.15) is 0 Å². The Labute approximate surface area is 297 Å². The van der Waals surface area contributed by atoms with Crippen LogP contribution >= 0.6 is 39.0 Å². The normalized spacial score (nSPS) is 27.3. The van der Waals surface area contributed by atoms with E-state index >= 15 is 0 Å². The fourth-order valence-electron chi connectivity index (χ4n) is 8.86. The number of nitrogens with one attached hydrogen (secondary N) is 2. The molecule has 0 radical (unpaired) electrons. The summed E-state index contributed by atoms with van der Waals surface area (Å²) in [5.41, 5.74) is 1.43. The van der Waals surface area contributed by atoms with Crippen molar-refractivity contribution in [2.24, 2.45) is 35.5 Å². The molecule has 2 aliphatic carbocycles. The van der Waals surface area contributed by atoms with Crippen molar-refractivity contribution in [3.8, 4) is 5.75 Å². The fraction of sp³-hybridized carbons (Fsp3) is 0.361. The molecule has 10 nitrogen and oxygen atoms in total. The van der Waals surface area contributed by atoms with E-state index in [4.69, 9.17) is 4.74 Å². The molecule has 4 aromatic rings. The van der Waals surface area contributed by atoms with Crippen LogP contribution in [0.4, 0.5) is 5.69 Å². The molecule has 3 fully saturated rings. The number of aromatic nitrogens is 1. The molecule has 2 saturated carbocycles. The number of likely N-dealkylation sites (tertiary alicyclic amines) is 1. The van der Waals surface area contributed by atoms with Crippen LogP contribution in [0.15, 0.2) is 75.0 Å². The molecule has 3 aromatic carbocycles. The number of amides is 3. The van der Waals surface area contributed by atoms with E-state index in [-0.39, 0.29) is 46.3 Å². The van der Waals surface area contributed by atoms with Crippen molar-refractivity contribution in [3.05, 3.63) is 85.2 Å². The van der Waals surface area contributed by atoms with Crippen LogP contribution in [0.25, 0.3) is 10.8 Å². The zero-order valence-electron chi connectivity index (χ0n) is 26.4. The van der Waals surface area contributed by atoms with Gasteiger partial charge in [-0.25, -0.2) is 4.79 Å². The number of ether oxygens (including phenoxy) is 1. The molecule has 49 heavy (non-hydrogen) atoms. The maximum absolute atomic E-state index is 14.0. The Bertz CT molecular complexity index is 2110. The van der Waals surface area contributed by atoms with Crippen LogP contribution in [0.5, 0.6) is 5.75 Å². The Morgan fingerprint density at radius 1 is 1.02 bits per heavy atom. The third-order valence-corrected chi connectivity index (χ3v) is 13.7. The van der Waals surface area contributed by atoms with Crippen molar-refractivity contribution in [1.29, 1.82) is 0 Å². The number of imide groups is 1. The number of rotatable bonds is 8. The summed E-state index contributed by atoms with van der Waals surface area (Å²) in [7, 11) is 0. The van der Waals surface area contributed by atoms with Crippen LogP contribution in [-0.2, 0) is 19.2 Å². The zero-order chi connectivity index (χ0) is 34.3. The molecule has 0 spiro atoms. The number of carboxylic acids is 1. The van der Waals surface area contributed by atoms with E-state index in [1.165, 1.54) is 0 Å². The lowest BCUT2D eigenvalue weighted by Gasteiger charge is -2.43. The fourth-order valence-corrected chi connectivity index (χ4v) is 12.1. The van der Waals surface area contributed by atoms with Gasteiger partial charge in [0.15, 0.2) is 6.61 Å². The molecule has 3 N–H and O–H groups in total. The number of halogens is 1. The second-order valence-electron chi connectivity index (χ2n) is 13.6. The van der Waals surface area contributed by atoms with E-state index in [1.807, 2.05) is 54.6 Å². The number of nitrogens with zero attached hydrogens (tertiary/aromatic N) is 1. The molecular formula is C36H32BrN3O7S2. The third kappa shape index (κ3) is 5.23. The van der Waals surface area contributed by atoms with Gasteiger partial charge in [-0.15, -0.1) is 11.8 Å². The molecular weight excluding hydrogens is 730 g/mol. The molecule has 7 unspecified atom stereocenters. The molecule has 13 heteroatoms. The topological polar surface area (TPSA) is 146 Å². The number of carbonyl (C=O) groups excluding carboxylic acids is 3. The van der Waals surface area contributed by atoms with E-state index in [0.29, 0.717) is 17.9 Å². The van der Waals surface area contributed by atoms with Gasteiger partial charge < -0.3 is 20.1 Å². The number of thiazole rings is 1. The summed E-state index contributed by atoms with van der Waals surface area (Å²) < 4.78 is 7.01. The van der Waals surface area contributed by atoms with Gasteiger partial charge in [-0.1, -0.05) is 71.4 Å². The number of aliphatic carboxylic acids is 1. The first kappa shape index (κ1) is 32.3. The number of hydrogen-bond acceptors (Lipinski definition) is 8. The van der Waals surface area contributed by atoms with Crippen molar-refractivity contribution in [1.82, 2.24) is 9.88 Å². The van der Waals surface area contributed by atoms with Crippen molar-refractivity contribution in [3.63, 3.8) is 0 Å². The van der Waals surface area contributed by atoms with Crippen LogP contribution < -0.4 is 14.9 Å². The Hall–Kier alpha value is -3.94. The number of hydrogen-bond donors (Lipinski definition) is 3. The summed E-state index contributed by atoms with van der Waals surface area (Å²) in [5.74, 6) is -4.32. The Kier molecular flexibility index (Phi) is 7.99. The van der Waals surface area contributed by atoms with Crippen molar-refractivity contribution in [2.75, 3.05) is 11.9 Å². The smallest absolute Gasteiger partial charge is 0.327 e. The molecule has 1 saturated heterocycles. The summed E-state index contributed by atoms with van der Waals surface area (Å²) in [6, 6.07) is 17.9. The number of carbonyl (C=O) groups is 4. The average Bonchev–Trinajstić information content (AvgIpc) is 3.80. The molecule has 2 bridgehead atoms. The number of fused-ring (bicyclic) bond motifs is 10. The van der Waals surface area contributed by atoms with Crippen LogP contribution in [0.3, 0.4) is 0 Å². The van der Waals surface area contributed by atoms with E-state index < -0.39 is 41.6 Å². The summed E-state index contributed by atoms with van der Waals surface area (Å²) >= 11 is 6.30. The van der Waals surface area contributed by atoms with Crippen LogP contribution in [0, 0.1) is 35.5 Å². The van der Waals surface area contributed by atoms with Gasteiger partial charge >= 0.3 is 10.8 Å². The van der Waals surface area contributed by atoms with E-state index in [0.717, 1.165) is 46.9 Å². The Morgan fingerprint density at radius 3 is 2.49 bits per heavy atom. The minimum atomic E-state index is -1.22. The maximum atomic E-state index is 14.0. The largest absolute Gasteiger partial charge is 0.483 e. The lowest BCUT2D eigenvalue weighted by Crippen LogP contribution is -2.49. The predicted octanol–water partition coefficient (Wildman–Crippen LogP) is 5.95. The number of anilines is 1. The highest BCUT2D eigenvalue weighted by molar-refractivity contribution is 9.10. The number of thioether (sulfide) groups is 1. The first-order chi connectivity index (χ1) is 23.5. The van der Waals surface area contributed by atoms with E-state index in [9.17, 15) is 29.1 Å². The van der Waals surface area contributed by atoms with Gasteiger partial charge in [0.05, 0.1) is 16.9 Å². The predicted molar refractivity (Wildman–Crippen MR) is 189 cm³/mol. The quantitative estimate of drug-likeness (QED) is 0.187. The number of carboxylic acid groups (broad SMARTS) is 1. The molecule has 8 atom stereocenters.